The summed E-state index contributed by atoms with van der Waals surface area (Å²) in [6.07, 6.45) is 0. The third kappa shape index (κ3) is 3.14. The van der Waals surface area contributed by atoms with Crippen LogP contribution in [0.4, 0.5) is 11.4 Å². The van der Waals surface area contributed by atoms with Crippen LogP contribution < -0.4 is 5.32 Å². The number of nitrogens with one attached hydrogen (secondary N) is 1. The SMILES string of the molecule is c1cc(Nc2cccc3c2-c2ccccc2C32c3ccccc3-c3ccccc32)cc(-c2ccc3ccccc3c2)c1. The Morgan fingerprint density at radius 2 is 0.952 bits per heavy atom. The lowest BCUT2D eigenvalue weighted by molar-refractivity contribution is 0.794. The summed E-state index contributed by atoms with van der Waals surface area (Å²) in [5.41, 5.74) is 15.0. The van der Waals surface area contributed by atoms with E-state index in [2.05, 4.69) is 163 Å². The number of anilines is 2. The first kappa shape index (κ1) is 23.3. The van der Waals surface area contributed by atoms with Gasteiger partial charge in [0.1, 0.15) is 0 Å². The molecule has 0 amide bonds. The summed E-state index contributed by atoms with van der Waals surface area (Å²) in [4.78, 5) is 0. The maximum atomic E-state index is 3.85. The van der Waals surface area contributed by atoms with Gasteiger partial charge in [-0.2, -0.15) is 0 Å². The fraction of sp³-hybridized carbons (Fsp3) is 0.0244. The van der Waals surface area contributed by atoms with Crippen LogP contribution in [-0.4, -0.2) is 0 Å². The van der Waals surface area contributed by atoms with Crippen molar-refractivity contribution in [1.29, 1.82) is 0 Å². The topological polar surface area (TPSA) is 12.0 Å². The molecule has 0 atom stereocenters. The average molecular weight is 534 g/mol. The second-order valence-corrected chi connectivity index (χ2v) is 11.4. The van der Waals surface area contributed by atoms with E-state index in [4.69, 9.17) is 0 Å². The van der Waals surface area contributed by atoms with Crippen LogP contribution in [-0.2, 0) is 5.41 Å². The summed E-state index contributed by atoms with van der Waals surface area (Å²) in [6, 6.07) is 57.7. The number of hydrogen-bond acceptors (Lipinski definition) is 1. The first-order valence-electron chi connectivity index (χ1n) is 14.6. The van der Waals surface area contributed by atoms with Gasteiger partial charge in [0.2, 0.25) is 0 Å². The van der Waals surface area contributed by atoms with E-state index >= 15 is 0 Å². The fourth-order valence-electron chi connectivity index (χ4n) is 7.55. The minimum Gasteiger partial charge on any atom is -0.355 e. The Morgan fingerprint density at radius 3 is 1.71 bits per heavy atom. The Morgan fingerprint density at radius 1 is 0.381 bits per heavy atom. The van der Waals surface area contributed by atoms with Gasteiger partial charge in [-0.05, 0) is 85.1 Å². The summed E-state index contributed by atoms with van der Waals surface area (Å²) in [5.74, 6) is 0. The molecule has 2 aliphatic rings. The highest BCUT2D eigenvalue weighted by molar-refractivity contribution is 5.99. The molecule has 0 heterocycles. The summed E-state index contributed by atoms with van der Waals surface area (Å²) in [5, 5.41) is 6.37. The average Bonchev–Trinajstić information content (AvgIpc) is 3.53. The molecule has 0 fully saturated rings. The van der Waals surface area contributed by atoms with Crippen molar-refractivity contribution in [3.8, 4) is 33.4 Å². The van der Waals surface area contributed by atoms with Crippen LogP contribution in [0.15, 0.2) is 158 Å². The smallest absolute Gasteiger partial charge is 0.0726 e. The minimum absolute atomic E-state index is 0.330. The molecule has 0 aliphatic heterocycles. The number of benzene rings is 7. The first-order chi connectivity index (χ1) is 20.8. The van der Waals surface area contributed by atoms with Crippen LogP contribution in [0, 0.1) is 0 Å². The van der Waals surface area contributed by atoms with E-state index < -0.39 is 0 Å². The van der Waals surface area contributed by atoms with Gasteiger partial charge in [-0.25, -0.2) is 0 Å². The Hall–Kier alpha value is -5.40. The monoisotopic (exact) mass is 533 g/mol. The van der Waals surface area contributed by atoms with E-state index in [9.17, 15) is 0 Å². The van der Waals surface area contributed by atoms with Crippen molar-refractivity contribution < 1.29 is 0 Å². The molecule has 2 aliphatic carbocycles. The van der Waals surface area contributed by atoms with Gasteiger partial charge in [-0.3, -0.25) is 0 Å². The summed E-state index contributed by atoms with van der Waals surface area (Å²) in [6.45, 7) is 0. The molecule has 0 saturated heterocycles. The van der Waals surface area contributed by atoms with E-state index in [-0.39, 0.29) is 5.41 Å². The standard InChI is InChI=1S/C41H27N/c1-2-12-28-25-30(24-23-27(28)11-1)29-13-9-14-31(26-29)42-39-22-10-21-38-40(39)34-17-5-8-20-37(34)41(38)35-18-6-3-15-32(35)33-16-4-7-19-36(33)41/h1-26,42H. The molecule has 7 aromatic carbocycles. The lowest BCUT2D eigenvalue weighted by Crippen LogP contribution is -2.25. The highest BCUT2D eigenvalue weighted by atomic mass is 14.9. The maximum absolute atomic E-state index is 3.85. The Bertz CT molecular complexity index is 2140. The van der Waals surface area contributed by atoms with E-state index in [1.165, 1.54) is 66.4 Å². The zero-order valence-corrected chi connectivity index (χ0v) is 23.0. The molecule has 1 heteroatoms. The minimum atomic E-state index is -0.330. The van der Waals surface area contributed by atoms with Crippen molar-refractivity contribution >= 4 is 22.1 Å². The lowest BCUT2D eigenvalue weighted by atomic mass is 9.70. The summed E-state index contributed by atoms with van der Waals surface area (Å²) in [7, 11) is 0. The van der Waals surface area contributed by atoms with E-state index in [1.807, 2.05) is 0 Å². The quantitative estimate of drug-likeness (QED) is 0.238. The molecule has 0 aromatic heterocycles. The molecule has 1 N–H and O–H groups in total. The number of rotatable bonds is 3. The largest absolute Gasteiger partial charge is 0.355 e. The van der Waals surface area contributed by atoms with Gasteiger partial charge in [-0.15, -0.1) is 0 Å². The van der Waals surface area contributed by atoms with E-state index in [1.54, 1.807) is 0 Å². The first-order valence-corrected chi connectivity index (χ1v) is 14.6. The van der Waals surface area contributed by atoms with Gasteiger partial charge < -0.3 is 5.32 Å². The zero-order valence-electron chi connectivity index (χ0n) is 23.0. The predicted octanol–water partition coefficient (Wildman–Crippen LogP) is 10.6. The van der Waals surface area contributed by atoms with Crippen molar-refractivity contribution in [2.75, 3.05) is 5.32 Å². The van der Waals surface area contributed by atoms with Gasteiger partial charge in [0.25, 0.3) is 0 Å². The molecular formula is C41H27N. The highest BCUT2D eigenvalue weighted by Gasteiger charge is 2.51. The fourth-order valence-corrected chi connectivity index (χ4v) is 7.55. The third-order valence-electron chi connectivity index (χ3n) is 9.25. The van der Waals surface area contributed by atoms with Crippen molar-refractivity contribution in [2.45, 2.75) is 5.41 Å². The van der Waals surface area contributed by atoms with Crippen LogP contribution in [0.3, 0.4) is 0 Å². The molecule has 42 heavy (non-hydrogen) atoms. The predicted molar refractivity (Wildman–Crippen MR) is 175 cm³/mol. The van der Waals surface area contributed by atoms with Crippen molar-refractivity contribution in [1.82, 2.24) is 0 Å². The summed E-state index contributed by atoms with van der Waals surface area (Å²) >= 11 is 0. The second-order valence-electron chi connectivity index (χ2n) is 11.4. The number of fused-ring (bicyclic) bond motifs is 11. The van der Waals surface area contributed by atoms with Crippen LogP contribution in [0.5, 0.6) is 0 Å². The van der Waals surface area contributed by atoms with Crippen molar-refractivity contribution in [3.63, 3.8) is 0 Å². The summed E-state index contributed by atoms with van der Waals surface area (Å²) < 4.78 is 0. The molecule has 0 saturated carbocycles. The van der Waals surface area contributed by atoms with Crippen molar-refractivity contribution in [3.05, 3.63) is 180 Å². The van der Waals surface area contributed by atoms with E-state index in [0.717, 1.165) is 11.4 Å². The molecule has 7 aromatic rings. The second kappa shape index (κ2) is 8.80. The number of hydrogen-bond donors (Lipinski definition) is 1. The highest BCUT2D eigenvalue weighted by Crippen LogP contribution is 2.63. The van der Waals surface area contributed by atoms with Gasteiger partial charge >= 0.3 is 0 Å². The van der Waals surface area contributed by atoms with Gasteiger partial charge in [0, 0.05) is 16.9 Å². The zero-order chi connectivity index (χ0) is 27.7. The van der Waals surface area contributed by atoms with Crippen LogP contribution >= 0.6 is 0 Å². The Labute approximate surface area is 245 Å². The molecule has 1 spiro atoms. The van der Waals surface area contributed by atoms with Crippen molar-refractivity contribution in [2.24, 2.45) is 0 Å². The van der Waals surface area contributed by atoms with Crippen LogP contribution in [0.25, 0.3) is 44.2 Å². The molecule has 0 radical (unpaired) electrons. The maximum Gasteiger partial charge on any atom is 0.0726 e. The Kier molecular flexibility index (Phi) is 4.88. The normalized spacial score (nSPS) is 13.4. The van der Waals surface area contributed by atoms with Crippen LogP contribution in [0.2, 0.25) is 0 Å². The molecule has 196 valence electrons. The molecule has 0 unspecified atom stereocenters. The molecule has 1 nitrogen and oxygen atoms in total. The third-order valence-corrected chi connectivity index (χ3v) is 9.25. The molecule has 0 bridgehead atoms. The van der Waals surface area contributed by atoms with Gasteiger partial charge in [0.05, 0.1) is 5.41 Å². The van der Waals surface area contributed by atoms with E-state index in [0.29, 0.717) is 0 Å². The Balaban J connectivity index is 1.22. The van der Waals surface area contributed by atoms with Crippen LogP contribution in [0.1, 0.15) is 22.3 Å². The molecule has 9 rings (SSSR count). The lowest BCUT2D eigenvalue weighted by Gasteiger charge is -2.30. The molecular weight excluding hydrogens is 506 g/mol. The van der Waals surface area contributed by atoms with Gasteiger partial charge in [-0.1, -0.05) is 133 Å². The van der Waals surface area contributed by atoms with Gasteiger partial charge in [0.15, 0.2) is 0 Å².